The van der Waals surface area contributed by atoms with Crippen LogP contribution < -0.4 is 0 Å². The Hall–Kier alpha value is -0.820. The van der Waals surface area contributed by atoms with E-state index in [-0.39, 0.29) is 7.43 Å². The van der Waals surface area contributed by atoms with E-state index in [1.807, 2.05) is 31.2 Å². The van der Waals surface area contributed by atoms with Crippen LogP contribution >= 0.6 is 0 Å². The number of hydrogen-bond donors (Lipinski definition) is 1. The van der Waals surface area contributed by atoms with Gasteiger partial charge in [0.15, 0.2) is 0 Å². The molecule has 1 rings (SSSR count). The predicted molar refractivity (Wildman–Crippen MR) is 53.2 cm³/mol. The predicted octanol–water partition coefficient (Wildman–Crippen LogP) is 2.86. The van der Waals surface area contributed by atoms with Crippen LogP contribution in [0, 0.1) is 6.92 Å². The maximum absolute atomic E-state index is 9.58. The second-order valence-corrected chi connectivity index (χ2v) is 3.43. The molecule has 0 bridgehead atoms. The Bertz CT molecular complexity index is 228. The SMILES string of the molecule is C.Cc1ccc(C(C)(C)O)cc1. The summed E-state index contributed by atoms with van der Waals surface area (Å²) in [5.41, 5.74) is 1.47. The summed E-state index contributed by atoms with van der Waals surface area (Å²) in [7, 11) is 0. The lowest BCUT2D eigenvalue weighted by Crippen LogP contribution is -2.14. The maximum Gasteiger partial charge on any atom is 0.0840 e. The smallest absolute Gasteiger partial charge is 0.0840 e. The summed E-state index contributed by atoms with van der Waals surface area (Å²) in [6.45, 7) is 5.61. The molecule has 0 spiro atoms. The highest BCUT2D eigenvalue weighted by Crippen LogP contribution is 2.19. The molecule has 1 heteroatoms. The van der Waals surface area contributed by atoms with Crippen LogP contribution in [0.3, 0.4) is 0 Å². The van der Waals surface area contributed by atoms with E-state index in [1.165, 1.54) is 5.56 Å². The molecule has 1 N–H and O–H groups in total. The summed E-state index contributed by atoms with van der Waals surface area (Å²) in [6.07, 6.45) is 0. The average Bonchev–Trinajstić information content (AvgIpc) is 1.86. The topological polar surface area (TPSA) is 20.2 Å². The molecule has 0 aromatic heterocycles. The van der Waals surface area contributed by atoms with Crippen LogP contribution in [0.5, 0.6) is 0 Å². The highest BCUT2D eigenvalue weighted by molar-refractivity contribution is 5.25. The zero-order valence-electron chi connectivity index (χ0n) is 7.26. The van der Waals surface area contributed by atoms with Gasteiger partial charge < -0.3 is 5.11 Å². The fourth-order valence-corrected chi connectivity index (χ4v) is 0.961. The summed E-state index contributed by atoms with van der Waals surface area (Å²) in [5, 5.41) is 9.58. The highest BCUT2D eigenvalue weighted by atomic mass is 16.3. The molecule has 0 heterocycles. The summed E-state index contributed by atoms with van der Waals surface area (Å²) < 4.78 is 0. The Labute approximate surface area is 75.1 Å². The van der Waals surface area contributed by atoms with Crippen molar-refractivity contribution in [3.8, 4) is 0 Å². The van der Waals surface area contributed by atoms with E-state index in [9.17, 15) is 5.11 Å². The van der Waals surface area contributed by atoms with Gasteiger partial charge in [-0.3, -0.25) is 0 Å². The second-order valence-electron chi connectivity index (χ2n) is 3.43. The molecule has 1 aromatic rings. The van der Waals surface area contributed by atoms with Crippen molar-refractivity contribution in [1.29, 1.82) is 0 Å². The molecule has 0 fully saturated rings. The van der Waals surface area contributed by atoms with Crippen molar-refractivity contribution < 1.29 is 5.11 Å². The summed E-state index contributed by atoms with van der Waals surface area (Å²) in [6, 6.07) is 7.92. The molecule has 1 nitrogen and oxygen atoms in total. The Kier molecular flexibility index (Phi) is 3.47. The van der Waals surface area contributed by atoms with Crippen LogP contribution in [0.25, 0.3) is 0 Å². The lowest BCUT2D eigenvalue weighted by Gasteiger charge is -2.17. The van der Waals surface area contributed by atoms with Crippen LogP contribution in [0.15, 0.2) is 24.3 Å². The van der Waals surface area contributed by atoms with Gasteiger partial charge in [-0.15, -0.1) is 0 Å². The molecule has 0 aliphatic rings. The first-order valence-electron chi connectivity index (χ1n) is 3.79. The van der Waals surface area contributed by atoms with Gasteiger partial charge in [0.05, 0.1) is 5.60 Å². The molecule has 0 radical (unpaired) electrons. The number of rotatable bonds is 1. The number of aryl methyl sites for hydroxylation is 1. The first-order chi connectivity index (χ1) is 5.00. The molecule has 12 heavy (non-hydrogen) atoms. The van der Waals surface area contributed by atoms with Crippen LogP contribution in [0.1, 0.15) is 32.4 Å². The third kappa shape index (κ3) is 2.67. The molecular weight excluding hydrogens is 148 g/mol. The molecule has 0 aliphatic carbocycles. The van der Waals surface area contributed by atoms with Crippen LogP contribution in [0.2, 0.25) is 0 Å². The molecule has 1 aromatic carbocycles. The van der Waals surface area contributed by atoms with Gasteiger partial charge in [0.1, 0.15) is 0 Å². The molecular formula is C11H18O. The fourth-order valence-electron chi connectivity index (χ4n) is 0.961. The van der Waals surface area contributed by atoms with Crippen LogP contribution in [-0.4, -0.2) is 5.11 Å². The maximum atomic E-state index is 9.58. The van der Waals surface area contributed by atoms with E-state index in [0.29, 0.717) is 0 Å². The van der Waals surface area contributed by atoms with E-state index < -0.39 is 5.60 Å². The first kappa shape index (κ1) is 11.2. The molecule has 0 aliphatic heterocycles. The van der Waals surface area contributed by atoms with E-state index in [1.54, 1.807) is 13.8 Å². The van der Waals surface area contributed by atoms with Crippen molar-refractivity contribution in [2.24, 2.45) is 0 Å². The van der Waals surface area contributed by atoms with E-state index in [0.717, 1.165) is 5.56 Å². The zero-order valence-corrected chi connectivity index (χ0v) is 7.26. The largest absolute Gasteiger partial charge is 0.386 e. The van der Waals surface area contributed by atoms with Gasteiger partial charge in [0.25, 0.3) is 0 Å². The van der Waals surface area contributed by atoms with Gasteiger partial charge in [0.2, 0.25) is 0 Å². The quantitative estimate of drug-likeness (QED) is 0.680. The first-order valence-corrected chi connectivity index (χ1v) is 3.79. The summed E-state index contributed by atoms with van der Waals surface area (Å²) >= 11 is 0. The highest BCUT2D eigenvalue weighted by Gasteiger charge is 2.14. The Balaban J connectivity index is 0.00000121. The van der Waals surface area contributed by atoms with Crippen LogP contribution in [0.4, 0.5) is 0 Å². The molecule has 0 atom stereocenters. The molecule has 0 unspecified atom stereocenters. The van der Waals surface area contributed by atoms with Crippen molar-refractivity contribution >= 4 is 0 Å². The fraction of sp³-hybridized carbons (Fsp3) is 0.455. The summed E-state index contributed by atoms with van der Waals surface area (Å²) in [4.78, 5) is 0. The molecule has 68 valence electrons. The monoisotopic (exact) mass is 166 g/mol. The van der Waals surface area contributed by atoms with Crippen molar-refractivity contribution in [3.63, 3.8) is 0 Å². The Morgan fingerprint density at radius 1 is 1.08 bits per heavy atom. The third-order valence-electron chi connectivity index (χ3n) is 1.76. The zero-order chi connectivity index (χ0) is 8.48. The van der Waals surface area contributed by atoms with Gasteiger partial charge >= 0.3 is 0 Å². The lowest BCUT2D eigenvalue weighted by atomic mass is 9.98. The molecule has 0 saturated carbocycles. The third-order valence-corrected chi connectivity index (χ3v) is 1.76. The van der Waals surface area contributed by atoms with E-state index >= 15 is 0 Å². The van der Waals surface area contributed by atoms with Gasteiger partial charge in [-0.2, -0.15) is 0 Å². The molecule has 0 amide bonds. The minimum Gasteiger partial charge on any atom is -0.386 e. The minimum atomic E-state index is -0.715. The standard InChI is InChI=1S/C10H14O.CH4/c1-8-4-6-9(7-5-8)10(2,3)11;/h4-7,11H,1-3H3;1H4. The van der Waals surface area contributed by atoms with Gasteiger partial charge in [-0.05, 0) is 26.3 Å². The normalized spacial score (nSPS) is 10.7. The van der Waals surface area contributed by atoms with Crippen molar-refractivity contribution in [1.82, 2.24) is 0 Å². The lowest BCUT2D eigenvalue weighted by molar-refractivity contribution is 0.0786. The van der Waals surface area contributed by atoms with Gasteiger partial charge in [-0.25, -0.2) is 0 Å². The van der Waals surface area contributed by atoms with Gasteiger partial charge in [0, 0.05) is 0 Å². The Morgan fingerprint density at radius 3 is 1.83 bits per heavy atom. The number of hydrogen-bond acceptors (Lipinski definition) is 1. The van der Waals surface area contributed by atoms with Crippen LogP contribution in [-0.2, 0) is 5.60 Å². The van der Waals surface area contributed by atoms with E-state index in [2.05, 4.69) is 0 Å². The summed E-state index contributed by atoms with van der Waals surface area (Å²) in [5.74, 6) is 0. The van der Waals surface area contributed by atoms with E-state index in [4.69, 9.17) is 0 Å². The number of benzene rings is 1. The Morgan fingerprint density at radius 2 is 1.50 bits per heavy atom. The average molecular weight is 166 g/mol. The van der Waals surface area contributed by atoms with Gasteiger partial charge in [-0.1, -0.05) is 37.3 Å². The van der Waals surface area contributed by atoms with Crippen molar-refractivity contribution in [2.75, 3.05) is 0 Å². The molecule has 0 saturated heterocycles. The number of aliphatic hydroxyl groups is 1. The van der Waals surface area contributed by atoms with Crippen molar-refractivity contribution in [2.45, 2.75) is 33.8 Å². The second kappa shape index (κ2) is 3.72. The van der Waals surface area contributed by atoms with Crippen molar-refractivity contribution in [3.05, 3.63) is 35.4 Å². The minimum absolute atomic E-state index is 0.